The molecule has 8 heavy (non-hydrogen) atoms. The molecule has 1 saturated heterocycles. The van der Waals surface area contributed by atoms with Crippen LogP contribution in [0.1, 0.15) is 6.42 Å². The van der Waals surface area contributed by atoms with Crippen molar-refractivity contribution in [3.05, 3.63) is 5.57 Å². The first-order chi connectivity index (χ1) is 3.84. The normalized spacial score (nSPS) is 28.1. The monoisotopic (exact) mass is 113 g/mol. The fraction of sp³-hybridized carbons (Fsp3) is 0.600. The third-order valence-electron chi connectivity index (χ3n) is 1.14. The topological polar surface area (TPSA) is 52.3 Å². The molecule has 0 saturated carbocycles. The van der Waals surface area contributed by atoms with Crippen LogP contribution in [0.15, 0.2) is 5.57 Å². The smallest absolute Gasteiger partial charge is 0.138 e. The van der Waals surface area contributed by atoms with Gasteiger partial charge in [-0.2, -0.15) is 0 Å². The summed E-state index contributed by atoms with van der Waals surface area (Å²) in [4.78, 5) is 9.90. The Hall–Kier alpha value is -0.630. The predicted octanol–water partition coefficient (Wildman–Crippen LogP) is -0.551. The van der Waals surface area contributed by atoms with Crippen LogP contribution in [0.25, 0.3) is 0 Å². The summed E-state index contributed by atoms with van der Waals surface area (Å²) < 4.78 is 4.83. The Morgan fingerprint density at radius 2 is 2.62 bits per heavy atom. The maximum atomic E-state index is 9.90. The number of carbonyl (C=O) groups excluding carboxylic acids is 1. The van der Waals surface area contributed by atoms with Crippen LogP contribution in [0.3, 0.4) is 0 Å². The molecule has 0 spiro atoms. The molecule has 3 nitrogen and oxygen atoms in total. The lowest BCUT2D eigenvalue weighted by molar-refractivity contribution is 0.129. The van der Waals surface area contributed by atoms with Crippen LogP contribution >= 0.6 is 0 Å². The van der Waals surface area contributed by atoms with Crippen LogP contribution in [-0.2, 0) is 9.53 Å². The van der Waals surface area contributed by atoms with Crippen molar-refractivity contribution >= 4 is 5.94 Å². The molecular weight excluding hydrogens is 106 g/mol. The second-order valence-electron chi connectivity index (χ2n) is 1.67. The Balaban J connectivity index is 2.68. The van der Waals surface area contributed by atoms with Gasteiger partial charge in [-0.1, -0.05) is 0 Å². The van der Waals surface area contributed by atoms with E-state index < -0.39 is 6.23 Å². The molecule has 0 aliphatic carbocycles. The molecule has 1 fully saturated rings. The standard InChI is InChI=1S/C5H7NO2/c6-5-4(3-7)1-2-8-5/h5H,1-2,6H2. The van der Waals surface area contributed by atoms with Crippen molar-refractivity contribution in [2.45, 2.75) is 12.6 Å². The molecule has 1 aliphatic rings. The van der Waals surface area contributed by atoms with E-state index in [1.807, 2.05) is 0 Å². The summed E-state index contributed by atoms with van der Waals surface area (Å²) in [5.74, 6) is 1.73. The summed E-state index contributed by atoms with van der Waals surface area (Å²) in [6.07, 6.45) is 0.164. The lowest BCUT2D eigenvalue weighted by Gasteiger charge is -1.96. The van der Waals surface area contributed by atoms with Crippen molar-refractivity contribution in [3.63, 3.8) is 0 Å². The zero-order valence-corrected chi connectivity index (χ0v) is 4.39. The average Bonchev–Trinajstić information content (AvgIpc) is 2.14. The predicted molar refractivity (Wildman–Crippen MR) is 27.8 cm³/mol. The summed E-state index contributed by atoms with van der Waals surface area (Å²) in [6, 6.07) is 0. The van der Waals surface area contributed by atoms with Gasteiger partial charge in [-0.05, 0) is 0 Å². The van der Waals surface area contributed by atoms with E-state index >= 15 is 0 Å². The third kappa shape index (κ3) is 0.793. The minimum atomic E-state index is -0.479. The summed E-state index contributed by atoms with van der Waals surface area (Å²) in [6.45, 7) is 0.561. The summed E-state index contributed by atoms with van der Waals surface area (Å²) in [5.41, 5.74) is 5.81. The summed E-state index contributed by atoms with van der Waals surface area (Å²) in [7, 11) is 0. The van der Waals surface area contributed by atoms with E-state index in [0.717, 1.165) is 0 Å². The van der Waals surface area contributed by atoms with Gasteiger partial charge in [0, 0.05) is 6.42 Å². The van der Waals surface area contributed by atoms with Gasteiger partial charge in [0.05, 0.1) is 12.2 Å². The molecule has 0 bridgehead atoms. The summed E-state index contributed by atoms with van der Waals surface area (Å²) >= 11 is 0. The van der Waals surface area contributed by atoms with E-state index in [1.54, 1.807) is 5.94 Å². The van der Waals surface area contributed by atoms with Crippen molar-refractivity contribution in [3.8, 4) is 0 Å². The Kier molecular flexibility index (Phi) is 1.44. The second kappa shape index (κ2) is 2.09. The van der Waals surface area contributed by atoms with E-state index in [0.29, 0.717) is 18.6 Å². The van der Waals surface area contributed by atoms with E-state index in [2.05, 4.69) is 0 Å². The minimum Gasteiger partial charge on any atom is -0.359 e. The lowest BCUT2D eigenvalue weighted by Crippen LogP contribution is -2.19. The fourth-order valence-corrected chi connectivity index (χ4v) is 0.648. The van der Waals surface area contributed by atoms with Crippen molar-refractivity contribution < 1.29 is 9.53 Å². The highest BCUT2D eigenvalue weighted by Crippen LogP contribution is 2.11. The highest BCUT2D eigenvalue weighted by Gasteiger charge is 2.17. The van der Waals surface area contributed by atoms with E-state index in [4.69, 9.17) is 10.5 Å². The van der Waals surface area contributed by atoms with E-state index in [9.17, 15) is 4.79 Å². The van der Waals surface area contributed by atoms with Crippen LogP contribution in [0.4, 0.5) is 0 Å². The molecular formula is C5H7NO2. The van der Waals surface area contributed by atoms with Crippen LogP contribution < -0.4 is 5.73 Å². The third-order valence-corrected chi connectivity index (χ3v) is 1.14. The zero-order valence-electron chi connectivity index (χ0n) is 4.39. The molecule has 1 rings (SSSR count). The number of nitrogens with two attached hydrogens (primary N) is 1. The quantitative estimate of drug-likeness (QED) is 0.429. The van der Waals surface area contributed by atoms with Gasteiger partial charge in [-0.3, -0.25) is 0 Å². The van der Waals surface area contributed by atoms with Crippen molar-refractivity contribution in [1.82, 2.24) is 0 Å². The van der Waals surface area contributed by atoms with Crippen molar-refractivity contribution in [2.24, 2.45) is 5.73 Å². The van der Waals surface area contributed by atoms with Crippen molar-refractivity contribution in [1.29, 1.82) is 0 Å². The molecule has 1 atom stereocenters. The first-order valence-corrected chi connectivity index (χ1v) is 2.45. The van der Waals surface area contributed by atoms with Crippen LogP contribution in [0.5, 0.6) is 0 Å². The summed E-state index contributed by atoms with van der Waals surface area (Å²) in [5, 5.41) is 0. The zero-order chi connectivity index (χ0) is 5.98. The molecule has 0 radical (unpaired) electrons. The molecule has 3 heteroatoms. The number of rotatable bonds is 0. The van der Waals surface area contributed by atoms with Gasteiger partial charge >= 0.3 is 0 Å². The molecule has 44 valence electrons. The SMILES string of the molecule is NC1OCCC1=C=O. The number of hydrogen-bond acceptors (Lipinski definition) is 3. The molecule has 1 unspecified atom stereocenters. The molecule has 1 aliphatic heterocycles. The Morgan fingerprint density at radius 3 is 2.88 bits per heavy atom. The van der Waals surface area contributed by atoms with Gasteiger partial charge in [-0.15, -0.1) is 0 Å². The van der Waals surface area contributed by atoms with E-state index in [1.165, 1.54) is 0 Å². The van der Waals surface area contributed by atoms with Gasteiger partial charge in [0.2, 0.25) is 0 Å². The first-order valence-electron chi connectivity index (χ1n) is 2.45. The van der Waals surface area contributed by atoms with Crippen LogP contribution in [0.2, 0.25) is 0 Å². The molecule has 0 amide bonds. The lowest BCUT2D eigenvalue weighted by atomic mass is 10.2. The Labute approximate surface area is 47.1 Å². The number of ether oxygens (including phenoxy) is 1. The number of hydrogen-bond donors (Lipinski definition) is 1. The van der Waals surface area contributed by atoms with Gasteiger partial charge in [0.1, 0.15) is 12.2 Å². The maximum absolute atomic E-state index is 9.90. The largest absolute Gasteiger partial charge is 0.359 e. The van der Waals surface area contributed by atoms with Crippen LogP contribution in [-0.4, -0.2) is 18.8 Å². The highest BCUT2D eigenvalue weighted by molar-refractivity contribution is 5.54. The van der Waals surface area contributed by atoms with Gasteiger partial charge in [-0.25, -0.2) is 4.79 Å². The maximum Gasteiger partial charge on any atom is 0.138 e. The van der Waals surface area contributed by atoms with Gasteiger partial charge in [0.25, 0.3) is 0 Å². The highest BCUT2D eigenvalue weighted by atomic mass is 16.5. The fourth-order valence-electron chi connectivity index (χ4n) is 0.648. The Bertz CT molecular complexity index is 137. The molecule has 0 aromatic carbocycles. The molecule has 0 aromatic heterocycles. The second-order valence-corrected chi connectivity index (χ2v) is 1.67. The molecule has 2 N–H and O–H groups in total. The molecule has 1 heterocycles. The van der Waals surface area contributed by atoms with Crippen molar-refractivity contribution in [2.75, 3.05) is 6.61 Å². The van der Waals surface area contributed by atoms with E-state index in [-0.39, 0.29) is 0 Å². The average molecular weight is 113 g/mol. The minimum absolute atomic E-state index is 0.479. The first kappa shape index (κ1) is 5.51. The van der Waals surface area contributed by atoms with Gasteiger partial charge in [0.15, 0.2) is 0 Å². The van der Waals surface area contributed by atoms with Gasteiger partial charge < -0.3 is 10.5 Å². The Morgan fingerprint density at radius 1 is 1.88 bits per heavy atom. The van der Waals surface area contributed by atoms with Crippen LogP contribution in [0, 0.1) is 0 Å². The molecule has 0 aromatic rings.